The molecule has 1 aromatic heterocycles. The Bertz CT molecular complexity index is 831. The van der Waals surface area contributed by atoms with Crippen LogP contribution in [0, 0.1) is 25.6 Å². The Labute approximate surface area is 160 Å². The number of nitrogens with zero attached hydrogens (tertiary/aromatic N) is 3. The summed E-state index contributed by atoms with van der Waals surface area (Å²) in [5, 5.41) is 4.59. The smallest absolute Gasteiger partial charge is 0.171 e. The molecule has 27 heavy (non-hydrogen) atoms. The van der Waals surface area contributed by atoms with Crippen molar-refractivity contribution in [2.24, 2.45) is 5.92 Å². The molecule has 0 bridgehead atoms. The number of halogens is 1. The zero-order valence-corrected chi connectivity index (χ0v) is 16.6. The number of carbonyl (C=O) groups is 1. The number of hydrogen-bond acceptors (Lipinski definition) is 4. The molecule has 1 aliphatic rings. The predicted octanol–water partition coefficient (Wildman–Crippen LogP) is 3.76. The molecule has 0 N–H and O–H groups in total. The zero-order chi connectivity index (χ0) is 19.6. The molecule has 1 atom stereocenters. The molecule has 0 amide bonds. The second-order valence-electron chi connectivity index (χ2n) is 7.25. The fourth-order valence-electron chi connectivity index (χ4n) is 4.00. The van der Waals surface area contributed by atoms with Crippen molar-refractivity contribution in [1.82, 2.24) is 14.7 Å². The molecular weight excluding hydrogens is 345 g/mol. The first-order chi connectivity index (χ1) is 12.9. The number of likely N-dealkylation sites (tertiary alicyclic amines) is 1. The summed E-state index contributed by atoms with van der Waals surface area (Å²) in [6, 6.07) is 4.13. The number of piperidine rings is 1. The topological polar surface area (TPSA) is 47.4 Å². The van der Waals surface area contributed by atoms with Crippen molar-refractivity contribution in [3.63, 3.8) is 0 Å². The number of aryl methyl sites for hydroxylation is 2. The van der Waals surface area contributed by atoms with Gasteiger partial charge in [-0.1, -0.05) is 0 Å². The van der Waals surface area contributed by atoms with Crippen LogP contribution in [0.2, 0.25) is 0 Å². The van der Waals surface area contributed by atoms with Gasteiger partial charge in [0, 0.05) is 36.8 Å². The van der Waals surface area contributed by atoms with E-state index in [4.69, 9.17) is 4.74 Å². The van der Waals surface area contributed by atoms with Crippen LogP contribution in [0.4, 0.5) is 4.39 Å². The Hall–Kier alpha value is -2.21. The van der Waals surface area contributed by atoms with Crippen molar-refractivity contribution >= 4 is 5.78 Å². The lowest BCUT2D eigenvalue weighted by molar-refractivity contribution is 0.0807. The van der Waals surface area contributed by atoms with Gasteiger partial charge in [-0.15, -0.1) is 0 Å². The average molecular weight is 373 g/mol. The van der Waals surface area contributed by atoms with Crippen LogP contribution >= 0.6 is 0 Å². The maximum atomic E-state index is 13.7. The molecule has 1 aliphatic heterocycles. The molecule has 0 spiro atoms. The number of rotatable bonds is 6. The van der Waals surface area contributed by atoms with Crippen LogP contribution in [0.25, 0.3) is 0 Å². The summed E-state index contributed by atoms with van der Waals surface area (Å²) in [4.78, 5) is 15.3. The standard InChI is InChI=1S/C21H28FN3O2/c1-5-25-15(3)19(14(2)23-25)13-24-10-6-7-16(12-24)21(26)18-11-17(22)8-9-20(18)27-4/h8-9,11,16H,5-7,10,12-13H2,1-4H3/t16-/m1/s1. The van der Waals surface area contributed by atoms with Crippen LogP contribution in [0.1, 0.15) is 47.1 Å². The lowest BCUT2D eigenvalue weighted by atomic mass is 9.89. The Morgan fingerprint density at radius 1 is 1.37 bits per heavy atom. The highest BCUT2D eigenvalue weighted by Gasteiger charge is 2.29. The van der Waals surface area contributed by atoms with Crippen molar-refractivity contribution < 1.29 is 13.9 Å². The van der Waals surface area contributed by atoms with Gasteiger partial charge in [0.2, 0.25) is 0 Å². The molecule has 2 heterocycles. The largest absolute Gasteiger partial charge is 0.496 e. The minimum Gasteiger partial charge on any atom is -0.496 e. The van der Waals surface area contributed by atoms with Crippen LogP contribution in [0.5, 0.6) is 5.75 Å². The molecule has 0 radical (unpaired) electrons. The maximum Gasteiger partial charge on any atom is 0.171 e. The fraction of sp³-hybridized carbons (Fsp3) is 0.524. The van der Waals surface area contributed by atoms with Gasteiger partial charge in [-0.2, -0.15) is 5.10 Å². The van der Waals surface area contributed by atoms with Crippen LogP contribution in [0.15, 0.2) is 18.2 Å². The Morgan fingerprint density at radius 2 is 2.15 bits per heavy atom. The van der Waals surface area contributed by atoms with Gasteiger partial charge in [-0.05, 0) is 58.4 Å². The van der Waals surface area contributed by atoms with Gasteiger partial charge >= 0.3 is 0 Å². The van der Waals surface area contributed by atoms with E-state index < -0.39 is 5.82 Å². The van der Waals surface area contributed by atoms with Crippen molar-refractivity contribution in [2.75, 3.05) is 20.2 Å². The average Bonchev–Trinajstić information content (AvgIpc) is 2.95. The minimum atomic E-state index is -0.412. The third kappa shape index (κ3) is 4.05. The molecule has 1 saturated heterocycles. The van der Waals surface area contributed by atoms with Crippen molar-refractivity contribution in [1.29, 1.82) is 0 Å². The maximum absolute atomic E-state index is 13.7. The third-order valence-electron chi connectivity index (χ3n) is 5.52. The normalized spacial score (nSPS) is 17.9. The highest BCUT2D eigenvalue weighted by Crippen LogP contribution is 2.28. The zero-order valence-electron chi connectivity index (χ0n) is 16.6. The Balaban J connectivity index is 1.76. The number of Topliss-reactive ketones (excluding diaryl/α,β-unsaturated/α-hetero) is 1. The number of methoxy groups -OCH3 is 1. The van der Waals surface area contributed by atoms with Crippen molar-refractivity contribution in [3.8, 4) is 5.75 Å². The van der Waals surface area contributed by atoms with Gasteiger partial charge in [0.1, 0.15) is 11.6 Å². The number of carbonyl (C=O) groups excluding carboxylic acids is 1. The van der Waals surface area contributed by atoms with E-state index >= 15 is 0 Å². The van der Waals surface area contributed by atoms with E-state index in [1.807, 2.05) is 11.6 Å². The first kappa shape index (κ1) is 19.5. The predicted molar refractivity (Wildman–Crippen MR) is 103 cm³/mol. The molecule has 1 fully saturated rings. The summed E-state index contributed by atoms with van der Waals surface area (Å²) in [6.07, 6.45) is 1.77. The Morgan fingerprint density at radius 3 is 2.81 bits per heavy atom. The van der Waals surface area contributed by atoms with E-state index in [1.54, 1.807) is 0 Å². The number of ether oxygens (including phenoxy) is 1. The van der Waals surface area contributed by atoms with E-state index in [-0.39, 0.29) is 11.7 Å². The molecule has 1 aromatic carbocycles. The van der Waals surface area contributed by atoms with Crippen LogP contribution in [0.3, 0.4) is 0 Å². The highest BCUT2D eigenvalue weighted by molar-refractivity contribution is 6.00. The molecule has 5 nitrogen and oxygen atoms in total. The van der Waals surface area contributed by atoms with Crippen LogP contribution in [-0.4, -0.2) is 40.7 Å². The third-order valence-corrected chi connectivity index (χ3v) is 5.52. The SMILES string of the molecule is CCn1nc(C)c(CN2CCC[C@@H](C(=O)c3cc(F)ccc3OC)C2)c1C. The van der Waals surface area contributed by atoms with E-state index in [0.717, 1.165) is 38.2 Å². The summed E-state index contributed by atoms with van der Waals surface area (Å²) >= 11 is 0. The first-order valence-corrected chi connectivity index (χ1v) is 9.57. The quantitative estimate of drug-likeness (QED) is 0.724. The molecule has 6 heteroatoms. The molecule has 0 unspecified atom stereocenters. The van der Waals surface area contributed by atoms with E-state index in [2.05, 4.69) is 23.8 Å². The second kappa shape index (κ2) is 8.21. The lowest BCUT2D eigenvalue weighted by Gasteiger charge is -2.32. The lowest BCUT2D eigenvalue weighted by Crippen LogP contribution is -2.38. The molecule has 2 aromatic rings. The number of benzene rings is 1. The van der Waals surface area contributed by atoms with E-state index in [9.17, 15) is 9.18 Å². The van der Waals surface area contributed by atoms with Crippen molar-refractivity contribution in [3.05, 3.63) is 46.5 Å². The van der Waals surface area contributed by atoms with Gasteiger partial charge in [0.05, 0.1) is 18.4 Å². The van der Waals surface area contributed by atoms with Gasteiger partial charge in [-0.25, -0.2) is 4.39 Å². The Kier molecular flexibility index (Phi) is 5.95. The molecular formula is C21H28FN3O2. The van der Waals surface area contributed by atoms with Gasteiger partial charge in [-0.3, -0.25) is 14.4 Å². The number of ketones is 1. The van der Waals surface area contributed by atoms with E-state index in [1.165, 1.54) is 36.6 Å². The van der Waals surface area contributed by atoms with Crippen molar-refractivity contribution in [2.45, 2.75) is 46.7 Å². The summed E-state index contributed by atoms with van der Waals surface area (Å²) in [7, 11) is 1.51. The fourth-order valence-corrected chi connectivity index (χ4v) is 4.00. The van der Waals surface area contributed by atoms with Gasteiger partial charge in [0.25, 0.3) is 0 Å². The van der Waals surface area contributed by atoms with Crippen LogP contribution < -0.4 is 4.74 Å². The second-order valence-corrected chi connectivity index (χ2v) is 7.25. The van der Waals surface area contributed by atoms with E-state index in [0.29, 0.717) is 17.9 Å². The monoisotopic (exact) mass is 373 g/mol. The molecule has 0 aliphatic carbocycles. The van der Waals surface area contributed by atoms with Gasteiger partial charge in [0.15, 0.2) is 5.78 Å². The van der Waals surface area contributed by atoms with Gasteiger partial charge < -0.3 is 4.74 Å². The highest BCUT2D eigenvalue weighted by atomic mass is 19.1. The summed E-state index contributed by atoms with van der Waals surface area (Å²) in [6.45, 7) is 9.51. The molecule has 146 valence electrons. The minimum absolute atomic E-state index is 0.0336. The number of hydrogen-bond donors (Lipinski definition) is 0. The summed E-state index contributed by atoms with van der Waals surface area (Å²) < 4.78 is 21.0. The summed E-state index contributed by atoms with van der Waals surface area (Å²) in [5.41, 5.74) is 3.83. The molecule has 3 rings (SSSR count). The molecule has 0 saturated carbocycles. The number of aromatic nitrogens is 2. The van der Waals surface area contributed by atoms with Crippen LogP contribution in [-0.2, 0) is 13.1 Å². The summed E-state index contributed by atoms with van der Waals surface area (Å²) in [5.74, 6) is -0.149. The first-order valence-electron chi connectivity index (χ1n) is 9.57.